The first-order chi connectivity index (χ1) is 10.0. The van der Waals surface area contributed by atoms with Crippen molar-refractivity contribution in [1.29, 1.82) is 0 Å². The zero-order valence-corrected chi connectivity index (χ0v) is 12.2. The molecule has 0 aliphatic heterocycles. The molecule has 2 aromatic rings. The first-order valence-electron chi connectivity index (χ1n) is 6.95. The Morgan fingerprint density at radius 1 is 1.05 bits per heavy atom. The fraction of sp³-hybridized carbons (Fsp3) is 0.294. The molecule has 0 fully saturated rings. The Balaban J connectivity index is 2.05. The summed E-state index contributed by atoms with van der Waals surface area (Å²) in [4.78, 5) is 0. The molecular weight excluding hydrogens is 272 g/mol. The molecule has 0 aliphatic carbocycles. The lowest BCUT2D eigenvalue weighted by molar-refractivity contribution is 0.272. The van der Waals surface area contributed by atoms with E-state index in [1.165, 1.54) is 12.1 Å². The standard InChI is InChI=1S/C17H19F2NO/c1-12(2)11-21-17-6-4-3-5-16(17)20-10-13-7-14(18)9-15(19)8-13/h3-9,12,20H,10-11H2,1-2H3. The van der Waals surface area contributed by atoms with E-state index in [9.17, 15) is 8.78 Å². The molecule has 0 atom stereocenters. The fourth-order valence-electron chi connectivity index (χ4n) is 1.91. The lowest BCUT2D eigenvalue weighted by Gasteiger charge is -2.14. The molecule has 2 nitrogen and oxygen atoms in total. The maximum Gasteiger partial charge on any atom is 0.142 e. The van der Waals surface area contributed by atoms with Crippen molar-refractivity contribution in [2.45, 2.75) is 20.4 Å². The molecule has 4 heteroatoms. The minimum absolute atomic E-state index is 0.330. The highest BCUT2D eigenvalue weighted by atomic mass is 19.1. The van der Waals surface area contributed by atoms with Gasteiger partial charge in [0.25, 0.3) is 0 Å². The van der Waals surface area contributed by atoms with Gasteiger partial charge in [0.2, 0.25) is 0 Å². The fourth-order valence-corrected chi connectivity index (χ4v) is 1.91. The molecule has 112 valence electrons. The van der Waals surface area contributed by atoms with Gasteiger partial charge in [0.05, 0.1) is 12.3 Å². The van der Waals surface area contributed by atoms with E-state index in [0.29, 0.717) is 24.6 Å². The monoisotopic (exact) mass is 291 g/mol. The Morgan fingerprint density at radius 3 is 2.38 bits per heavy atom. The molecule has 0 spiro atoms. The minimum Gasteiger partial charge on any atom is -0.491 e. The second kappa shape index (κ2) is 7.07. The van der Waals surface area contributed by atoms with Gasteiger partial charge >= 0.3 is 0 Å². The molecule has 0 saturated heterocycles. The SMILES string of the molecule is CC(C)COc1ccccc1NCc1cc(F)cc(F)c1. The molecule has 0 heterocycles. The third kappa shape index (κ3) is 4.74. The zero-order valence-electron chi connectivity index (χ0n) is 12.2. The van der Waals surface area contributed by atoms with E-state index in [0.717, 1.165) is 17.5 Å². The van der Waals surface area contributed by atoms with Crippen LogP contribution in [0.1, 0.15) is 19.4 Å². The van der Waals surface area contributed by atoms with Crippen molar-refractivity contribution in [3.63, 3.8) is 0 Å². The Labute approximate surface area is 123 Å². The first kappa shape index (κ1) is 15.3. The maximum absolute atomic E-state index is 13.2. The molecule has 0 aromatic heterocycles. The van der Waals surface area contributed by atoms with Crippen molar-refractivity contribution in [2.75, 3.05) is 11.9 Å². The number of rotatable bonds is 6. The number of anilines is 1. The van der Waals surface area contributed by atoms with Crippen LogP contribution in [0.2, 0.25) is 0 Å². The summed E-state index contributed by atoms with van der Waals surface area (Å²) in [5.41, 5.74) is 1.36. The van der Waals surface area contributed by atoms with Gasteiger partial charge < -0.3 is 10.1 Å². The van der Waals surface area contributed by atoms with E-state index in [1.807, 2.05) is 24.3 Å². The largest absolute Gasteiger partial charge is 0.491 e. The number of hydrogen-bond acceptors (Lipinski definition) is 2. The average molecular weight is 291 g/mol. The second-order valence-electron chi connectivity index (χ2n) is 5.33. The van der Waals surface area contributed by atoms with E-state index in [1.54, 1.807) is 0 Å². The highest BCUT2D eigenvalue weighted by Gasteiger charge is 2.05. The van der Waals surface area contributed by atoms with Crippen LogP contribution in [-0.2, 0) is 6.54 Å². The van der Waals surface area contributed by atoms with Crippen LogP contribution in [0.15, 0.2) is 42.5 Å². The van der Waals surface area contributed by atoms with Crippen LogP contribution in [0.4, 0.5) is 14.5 Å². The first-order valence-corrected chi connectivity index (χ1v) is 6.95. The highest BCUT2D eigenvalue weighted by molar-refractivity contribution is 5.56. The van der Waals surface area contributed by atoms with Gasteiger partial charge in [-0.3, -0.25) is 0 Å². The summed E-state index contributed by atoms with van der Waals surface area (Å²) in [5, 5.41) is 3.15. The van der Waals surface area contributed by atoms with Crippen LogP contribution in [0, 0.1) is 17.6 Å². The lowest BCUT2D eigenvalue weighted by Crippen LogP contribution is -2.07. The normalized spacial score (nSPS) is 10.7. The predicted octanol–water partition coefficient (Wildman–Crippen LogP) is 4.61. The van der Waals surface area contributed by atoms with E-state index in [2.05, 4.69) is 19.2 Å². The number of nitrogens with one attached hydrogen (secondary N) is 1. The molecule has 0 aliphatic rings. The van der Waals surface area contributed by atoms with E-state index < -0.39 is 11.6 Å². The topological polar surface area (TPSA) is 21.3 Å². The summed E-state index contributed by atoms with van der Waals surface area (Å²) in [5.74, 6) is 0.0192. The van der Waals surface area contributed by atoms with Crippen LogP contribution >= 0.6 is 0 Å². The Morgan fingerprint density at radius 2 is 1.71 bits per heavy atom. The second-order valence-corrected chi connectivity index (χ2v) is 5.33. The summed E-state index contributed by atoms with van der Waals surface area (Å²) in [7, 11) is 0. The van der Waals surface area contributed by atoms with Crippen LogP contribution in [-0.4, -0.2) is 6.61 Å². The van der Waals surface area contributed by atoms with Gasteiger partial charge in [-0.1, -0.05) is 26.0 Å². The van der Waals surface area contributed by atoms with E-state index in [4.69, 9.17) is 4.74 Å². The quantitative estimate of drug-likeness (QED) is 0.839. The van der Waals surface area contributed by atoms with E-state index in [-0.39, 0.29) is 0 Å². The third-order valence-corrected chi connectivity index (χ3v) is 2.86. The molecule has 0 amide bonds. The molecule has 2 rings (SSSR count). The van der Waals surface area contributed by atoms with Gasteiger partial charge in [0.1, 0.15) is 17.4 Å². The van der Waals surface area contributed by atoms with Gasteiger partial charge in [-0.25, -0.2) is 8.78 Å². The number of benzene rings is 2. The van der Waals surface area contributed by atoms with Gasteiger partial charge in [-0.05, 0) is 35.7 Å². The van der Waals surface area contributed by atoms with E-state index >= 15 is 0 Å². The molecule has 21 heavy (non-hydrogen) atoms. The summed E-state index contributed by atoms with van der Waals surface area (Å²) in [6.45, 7) is 5.10. The van der Waals surface area contributed by atoms with Gasteiger partial charge in [0.15, 0.2) is 0 Å². The smallest absolute Gasteiger partial charge is 0.142 e. The van der Waals surface area contributed by atoms with Gasteiger partial charge in [0, 0.05) is 12.6 Å². The molecule has 0 saturated carbocycles. The van der Waals surface area contributed by atoms with Crippen molar-refractivity contribution in [3.8, 4) is 5.75 Å². The summed E-state index contributed by atoms with van der Waals surface area (Å²) in [6.07, 6.45) is 0. The lowest BCUT2D eigenvalue weighted by atomic mass is 10.2. The van der Waals surface area contributed by atoms with Crippen LogP contribution in [0.25, 0.3) is 0 Å². The van der Waals surface area contributed by atoms with Crippen molar-refractivity contribution < 1.29 is 13.5 Å². The predicted molar refractivity (Wildman–Crippen MR) is 80.5 cm³/mol. The highest BCUT2D eigenvalue weighted by Crippen LogP contribution is 2.25. The summed E-state index contributed by atoms with van der Waals surface area (Å²) >= 11 is 0. The van der Waals surface area contributed by atoms with Crippen molar-refractivity contribution in [1.82, 2.24) is 0 Å². The van der Waals surface area contributed by atoms with Crippen LogP contribution < -0.4 is 10.1 Å². The number of hydrogen-bond donors (Lipinski definition) is 1. The van der Waals surface area contributed by atoms with Gasteiger partial charge in [-0.2, -0.15) is 0 Å². The van der Waals surface area contributed by atoms with Crippen molar-refractivity contribution in [3.05, 3.63) is 59.7 Å². The number of halogens is 2. The third-order valence-electron chi connectivity index (χ3n) is 2.86. The molecule has 2 aromatic carbocycles. The maximum atomic E-state index is 13.2. The van der Waals surface area contributed by atoms with Gasteiger partial charge in [-0.15, -0.1) is 0 Å². The minimum atomic E-state index is -0.573. The number of para-hydroxylation sites is 2. The van der Waals surface area contributed by atoms with Crippen molar-refractivity contribution in [2.24, 2.45) is 5.92 Å². The number of ether oxygens (including phenoxy) is 1. The summed E-state index contributed by atoms with van der Waals surface area (Å²) in [6, 6.07) is 11.0. The van der Waals surface area contributed by atoms with Crippen LogP contribution in [0.5, 0.6) is 5.75 Å². The molecule has 1 N–H and O–H groups in total. The Kier molecular flexibility index (Phi) is 5.14. The Bertz CT molecular complexity index is 579. The van der Waals surface area contributed by atoms with Crippen molar-refractivity contribution >= 4 is 5.69 Å². The molecule has 0 radical (unpaired) electrons. The summed E-state index contributed by atoms with van der Waals surface area (Å²) < 4.78 is 32.0. The molecule has 0 bridgehead atoms. The molecule has 0 unspecified atom stereocenters. The Hall–Kier alpha value is -2.10. The average Bonchev–Trinajstić information content (AvgIpc) is 2.42. The molecular formula is C17H19F2NO. The van der Waals surface area contributed by atoms with Crippen LogP contribution in [0.3, 0.4) is 0 Å². The zero-order chi connectivity index (χ0) is 15.2.